The average Bonchev–Trinajstić information content (AvgIpc) is 2.75. The fourth-order valence-corrected chi connectivity index (χ4v) is 2.80. The maximum Gasteiger partial charge on any atom is 0.0754 e. The lowest BCUT2D eigenvalue weighted by Gasteiger charge is -2.13. The van der Waals surface area contributed by atoms with Crippen molar-refractivity contribution >= 4 is 29.5 Å². The third-order valence-corrected chi connectivity index (χ3v) is 3.96. The molecule has 0 aliphatic heterocycles. The van der Waals surface area contributed by atoms with Crippen molar-refractivity contribution in [1.82, 2.24) is 4.57 Å². The molecule has 0 radical (unpaired) electrons. The van der Waals surface area contributed by atoms with Crippen molar-refractivity contribution < 1.29 is 9.90 Å². The summed E-state index contributed by atoms with van der Waals surface area (Å²) in [4.78, 5) is 10.9. The number of hydrazone groups is 1. The van der Waals surface area contributed by atoms with Gasteiger partial charge in [0.05, 0.1) is 22.9 Å². The molecule has 0 saturated carbocycles. The van der Waals surface area contributed by atoms with Crippen LogP contribution in [0.2, 0.25) is 5.02 Å². The first kappa shape index (κ1) is 17.1. The van der Waals surface area contributed by atoms with Crippen molar-refractivity contribution in [3.8, 4) is 0 Å². The van der Waals surface area contributed by atoms with E-state index in [1.165, 1.54) is 18.2 Å². The van der Waals surface area contributed by atoms with Crippen LogP contribution in [0.1, 0.15) is 47.2 Å². The molecular weight excluding hydrogens is 314 g/mol. The molecule has 0 spiro atoms. The number of carbonyl (C=O) groups excluding carboxylic acids is 1. The number of hydrogen-bond donors (Lipinski definition) is 1. The number of halogens is 1. The molecule has 0 amide bonds. The van der Waals surface area contributed by atoms with Gasteiger partial charge in [-0.25, -0.2) is 0 Å². The second kappa shape index (κ2) is 6.87. The molecule has 0 saturated heterocycles. The zero-order chi connectivity index (χ0) is 17.1. The van der Waals surface area contributed by atoms with Crippen molar-refractivity contribution in [1.29, 1.82) is 0 Å². The van der Waals surface area contributed by atoms with Crippen LogP contribution in [0.4, 0.5) is 5.69 Å². The molecule has 1 aromatic carbocycles. The lowest BCUT2D eigenvalue weighted by Crippen LogP contribution is -2.22. The maximum absolute atomic E-state index is 10.9. The van der Waals surface area contributed by atoms with Gasteiger partial charge in [0, 0.05) is 23.0 Å². The Balaban J connectivity index is 2.21. The van der Waals surface area contributed by atoms with Crippen LogP contribution in [0.25, 0.3) is 0 Å². The van der Waals surface area contributed by atoms with Crippen LogP contribution >= 0.6 is 11.6 Å². The summed E-state index contributed by atoms with van der Waals surface area (Å²) in [5.74, 6) is -1.26. The maximum atomic E-state index is 10.9. The average molecular weight is 333 g/mol. The normalized spacial score (nSPS) is 11.4. The molecule has 5 nitrogen and oxygen atoms in total. The van der Waals surface area contributed by atoms with E-state index in [1.54, 1.807) is 6.21 Å². The van der Waals surface area contributed by atoms with E-state index in [4.69, 9.17) is 11.6 Å². The van der Waals surface area contributed by atoms with Gasteiger partial charge in [0.25, 0.3) is 0 Å². The van der Waals surface area contributed by atoms with E-state index in [0.29, 0.717) is 16.8 Å². The molecule has 0 fully saturated rings. The van der Waals surface area contributed by atoms with Crippen LogP contribution in [0.5, 0.6) is 0 Å². The lowest BCUT2D eigenvalue weighted by atomic mass is 10.2. The number of nitrogens with one attached hydrogen (secondary N) is 1. The van der Waals surface area contributed by atoms with E-state index >= 15 is 0 Å². The summed E-state index contributed by atoms with van der Waals surface area (Å²) >= 11 is 6.03. The van der Waals surface area contributed by atoms with Crippen molar-refractivity contribution in [2.45, 2.75) is 33.7 Å². The van der Waals surface area contributed by atoms with Gasteiger partial charge in [-0.1, -0.05) is 17.7 Å². The van der Waals surface area contributed by atoms with Crippen LogP contribution in [-0.4, -0.2) is 16.8 Å². The summed E-state index contributed by atoms with van der Waals surface area (Å²) in [6.45, 7) is 8.35. The second-order valence-electron chi connectivity index (χ2n) is 5.64. The van der Waals surface area contributed by atoms with Gasteiger partial charge < -0.3 is 14.5 Å². The van der Waals surface area contributed by atoms with Crippen molar-refractivity contribution in [2.24, 2.45) is 5.10 Å². The Labute approximate surface area is 140 Å². The molecule has 0 aliphatic rings. The van der Waals surface area contributed by atoms with Crippen LogP contribution in [0.3, 0.4) is 0 Å². The Kier molecular flexibility index (Phi) is 5.11. The molecule has 0 bridgehead atoms. The van der Waals surface area contributed by atoms with Gasteiger partial charge >= 0.3 is 0 Å². The monoisotopic (exact) mass is 332 g/mol. The highest BCUT2D eigenvalue weighted by Gasteiger charge is 2.09. The summed E-state index contributed by atoms with van der Waals surface area (Å²) in [6.07, 6.45) is 1.70. The zero-order valence-corrected chi connectivity index (χ0v) is 14.3. The standard InChI is InChI=1S/C17H20ClN3O2/c1-10(2)21-11(3)7-14(12(21)4)9-19-20-16-8-13(17(22)23)5-6-15(16)18/h5-10,20H,1-4H3,(H,22,23)/p-1/b19-9-. The van der Waals surface area contributed by atoms with Gasteiger partial charge in [-0.15, -0.1) is 0 Å². The number of anilines is 1. The molecule has 6 heteroatoms. The lowest BCUT2D eigenvalue weighted by molar-refractivity contribution is -0.255. The van der Waals surface area contributed by atoms with Crippen molar-refractivity contribution in [3.63, 3.8) is 0 Å². The summed E-state index contributed by atoms with van der Waals surface area (Å²) in [6, 6.07) is 6.71. The van der Waals surface area contributed by atoms with E-state index in [-0.39, 0.29) is 5.56 Å². The first-order valence-corrected chi connectivity index (χ1v) is 7.67. The van der Waals surface area contributed by atoms with Crippen molar-refractivity contribution in [3.05, 3.63) is 51.8 Å². The highest BCUT2D eigenvalue weighted by Crippen LogP contribution is 2.23. The molecule has 122 valence electrons. The number of aryl methyl sites for hydroxylation is 1. The van der Waals surface area contributed by atoms with E-state index in [2.05, 4.69) is 41.9 Å². The number of hydrogen-bond acceptors (Lipinski definition) is 4. The van der Waals surface area contributed by atoms with Gasteiger partial charge in [0.2, 0.25) is 0 Å². The predicted octanol–water partition coefficient (Wildman–Crippen LogP) is 3.15. The van der Waals surface area contributed by atoms with Gasteiger partial charge in [-0.2, -0.15) is 5.10 Å². The Morgan fingerprint density at radius 3 is 2.61 bits per heavy atom. The number of aromatic carboxylic acids is 1. The quantitative estimate of drug-likeness (QED) is 0.675. The molecule has 0 atom stereocenters. The van der Waals surface area contributed by atoms with Crippen LogP contribution in [0, 0.1) is 13.8 Å². The van der Waals surface area contributed by atoms with Crippen molar-refractivity contribution in [2.75, 3.05) is 5.43 Å². The predicted molar refractivity (Wildman–Crippen MR) is 91.3 cm³/mol. The topological polar surface area (TPSA) is 69.4 Å². The van der Waals surface area contributed by atoms with E-state index in [9.17, 15) is 9.90 Å². The summed E-state index contributed by atoms with van der Waals surface area (Å²) in [5, 5.41) is 15.4. The smallest absolute Gasteiger partial charge is 0.0754 e. The minimum atomic E-state index is -1.26. The molecule has 2 aromatic rings. The Morgan fingerprint density at radius 1 is 1.35 bits per heavy atom. The number of nitrogens with zero attached hydrogens (tertiary/aromatic N) is 2. The molecule has 1 N–H and O–H groups in total. The van der Waals surface area contributed by atoms with Gasteiger partial charge in [-0.05, 0) is 51.5 Å². The van der Waals surface area contributed by atoms with E-state index in [1.807, 2.05) is 6.92 Å². The number of carboxylic acid groups (broad SMARTS) is 1. The summed E-state index contributed by atoms with van der Waals surface area (Å²) in [5.41, 5.74) is 6.53. The number of aromatic nitrogens is 1. The van der Waals surface area contributed by atoms with Gasteiger partial charge in [0.1, 0.15) is 0 Å². The van der Waals surface area contributed by atoms with E-state index < -0.39 is 5.97 Å². The van der Waals surface area contributed by atoms with E-state index in [0.717, 1.165) is 17.0 Å². The number of carboxylic acids is 1. The molecular formula is C17H19ClN3O2-. The van der Waals surface area contributed by atoms with Crippen LogP contribution < -0.4 is 10.5 Å². The van der Waals surface area contributed by atoms with Gasteiger partial charge in [0.15, 0.2) is 0 Å². The number of rotatable bonds is 5. The minimum Gasteiger partial charge on any atom is -0.545 e. The third kappa shape index (κ3) is 3.74. The minimum absolute atomic E-state index is 0.0464. The van der Waals surface area contributed by atoms with Gasteiger partial charge in [-0.3, -0.25) is 5.43 Å². The molecule has 0 aliphatic carbocycles. The highest BCUT2D eigenvalue weighted by atomic mass is 35.5. The summed E-state index contributed by atoms with van der Waals surface area (Å²) < 4.78 is 2.23. The Morgan fingerprint density at radius 2 is 2.04 bits per heavy atom. The van der Waals surface area contributed by atoms with Crippen LogP contribution in [-0.2, 0) is 0 Å². The first-order valence-electron chi connectivity index (χ1n) is 7.29. The fraction of sp³-hybridized carbons (Fsp3) is 0.294. The number of benzene rings is 1. The zero-order valence-electron chi connectivity index (χ0n) is 13.6. The molecule has 0 unspecified atom stereocenters. The second-order valence-corrected chi connectivity index (χ2v) is 6.05. The largest absolute Gasteiger partial charge is 0.545 e. The Bertz CT molecular complexity index is 763. The Hall–Kier alpha value is -2.27. The number of carbonyl (C=O) groups is 1. The molecule has 1 heterocycles. The first-order chi connectivity index (χ1) is 10.8. The molecule has 2 rings (SSSR count). The summed E-state index contributed by atoms with van der Waals surface area (Å²) in [7, 11) is 0. The molecule has 1 aromatic heterocycles. The highest BCUT2D eigenvalue weighted by molar-refractivity contribution is 6.33. The fourth-order valence-electron chi connectivity index (χ4n) is 2.64. The van der Waals surface area contributed by atoms with Crippen LogP contribution in [0.15, 0.2) is 29.4 Å². The molecule has 23 heavy (non-hydrogen) atoms. The SMILES string of the molecule is Cc1cc(/C=N\Nc2cc(C(=O)[O-])ccc2Cl)c(C)n1C(C)C. The third-order valence-electron chi connectivity index (χ3n) is 3.63.